The Kier molecular flexibility index (Phi) is 2.83. The molecule has 0 atom stereocenters. The largest absolute Gasteiger partial charge is 0.382 e. The van der Waals surface area contributed by atoms with Gasteiger partial charge >= 0.3 is 0 Å². The first kappa shape index (κ1) is 9.93. The van der Waals surface area contributed by atoms with Gasteiger partial charge < -0.3 is 5.73 Å². The molecule has 0 bridgehead atoms. The maximum Gasteiger partial charge on any atom is 0.146 e. The van der Waals surface area contributed by atoms with Gasteiger partial charge in [0.15, 0.2) is 0 Å². The summed E-state index contributed by atoms with van der Waals surface area (Å²) in [5, 5.41) is 8.52. The van der Waals surface area contributed by atoms with E-state index in [9.17, 15) is 0 Å². The molecule has 0 radical (unpaired) electrons. The van der Waals surface area contributed by atoms with Gasteiger partial charge in [0.2, 0.25) is 0 Å². The van der Waals surface area contributed by atoms with Crippen molar-refractivity contribution in [3.63, 3.8) is 0 Å². The first-order chi connectivity index (χ1) is 7.24. The average molecular weight is 220 g/mol. The molecule has 0 aliphatic rings. The van der Waals surface area contributed by atoms with Crippen LogP contribution in [0.1, 0.15) is 11.3 Å². The van der Waals surface area contributed by atoms with Crippen LogP contribution in [0.4, 0.5) is 5.82 Å². The van der Waals surface area contributed by atoms with Crippen molar-refractivity contribution in [1.82, 2.24) is 10.2 Å². The second-order valence-electron chi connectivity index (χ2n) is 3.25. The topological polar surface area (TPSA) is 51.8 Å². The Balaban J connectivity index is 2.15. The molecule has 0 saturated carbocycles. The van der Waals surface area contributed by atoms with Crippen molar-refractivity contribution >= 4 is 17.4 Å². The molecule has 1 heterocycles. The minimum absolute atomic E-state index is 0.440. The maximum absolute atomic E-state index is 5.79. The van der Waals surface area contributed by atoms with E-state index in [4.69, 9.17) is 17.3 Å². The Hall–Kier alpha value is -1.61. The van der Waals surface area contributed by atoms with Crippen LogP contribution in [0.5, 0.6) is 0 Å². The number of nitrogens with zero attached hydrogens (tertiary/aromatic N) is 2. The van der Waals surface area contributed by atoms with E-state index in [-0.39, 0.29) is 0 Å². The lowest BCUT2D eigenvalue weighted by atomic mass is 10.1. The predicted octanol–water partition coefficient (Wildman–Crippen LogP) is 2.30. The van der Waals surface area contributed by atoms with Crippen molar-refractivity contribution in [3.8, 4) is 0 Å². The van der Waals surface area contributed by atoms with Crippen LogP contribution >= 0.6 is 11.6 Å². The van der Waals surface area contributed by atoms with Gasteiger partial charge in [-0.2, -0.15) is 5.10 Å². The molecule has 15 heavy (non-hydrogen) atoms. The number of hydrogen-bond donors (Lipinski definition) is 1. The third-order valence-electron chi connectivity index (χ3n) is 2.04. The molecule has 0 spiro atoms. The van der Waals surface area contributed by atoms with Crippen molar-refractivity contribution < 1.29 is 0 Å². The van der Waals surface area contributed by atoms with Crippen LogP contribution in [-0.2, 0) is 6.42 Å². The van der Waals surface area contributed by atoms with Gasteiger partial charge in [0, 0.05) is 11.4 Å². The highest BCUT2D eigenvalue weighted by molar-refractivity contribution is 6.30. The quantitative estimate of drug-likeness (QED) is 0.843. The molecular weight excluding hydrogens is 210 g/mol. The Morgan fingerprint density at radius 2 is 1.73 bits per heavy atom. The smallest absolute Gasteiger partial charge is 0.146 e. The van der Waals surface area contributed by atoms with Crippen LogP contribution in [0, 0.1) is 0 Å². The molecule has 0 saturated heterocycles. The Labute approximate surface area is 92.9 Å². The van der Waals surface area contributed by atoms with Gasteiger partial charge in [-0.25, -0.2) is 0 Å². The van der Waals surface area contributed by atoms with Crippen LogP contribution in [0.3, 0.4) is 0 Å². The number of aromatic nitrogens is 2. The number of rotatable bonds is 2. The molecule has 0 unspecified atom stereocenters. The van der Waals surface area contributed by atoms with E-state index < -0.39 is 0 Å². The summed E-state index contributed by atoms with van der Waals surface area (Å²) in [6.45, 7) is 0. The molecule has 76 valence electrons. The molecular formula is C11H10ClN3. The van der Waals surface area contributed by atoms with E-state index in [0.717, 1.165) is 22.7 Å². The lowest BCUT2D eigenvalue weighted by molar-refractivity contribution is 0.945. The summed E-state index contributed by atoms with van der Waals surface area (Å²) >= 11 is 5.79. The first-order valence-electron chi connectivity index (χ1n) is 4.56. The first-order valence-corrected chi connectivity index (χ1v) is 4.94. The Bertz CT molecular complexity index is 393. The fourth-order valence-electron chi connectivity index (χ4n) is 1.28. The van der Waals surface area contributed by atoms with Gasteiger partial charge in [0.05, 0.1) is 5.69 Å². The molecule has 2 rings (SSSR count). The molecule has 1 aromatic heterocycles. The molecule has 4 heteroatoms. The third-order valence-corrected chi connectivity index (χ3v) is 2.29. The zero-order valence-corrected chi connectivity index (χ0v) is 8.78. The van der Waals surface area contributed by atoms with Crippen molar-refractivity contribution in [2.75, 3.05) is 5.73 Å². The molecule has 0 aliphatic carbocycles. The average Bonchev–Trinajstić information content (AvgIpc) is 2.25. The van der Waals surface area contributed by atoms with Gasteiger partial charge in [-0.05, 0) is 29.8 Å². The molecule has 0 fully saturated rings. The van der Waals surface area contributed by atoms with E-state index in [2.05, 4.69) is 10.2 Å². The van der Waals surface area contributed by atoms with Crippen molar-refractivity contribution in [2.24, 2.45) is 0 Å². The summed E-state index contributed by atoms with van der Waals surface area (Å²) in [6, 6.07) is 11.3. The van der Waals surface area contributed by atoms with Crippen LogP contribution in [0.15, 0.2) is 36.4 Å². The fraction of sp³-hybridized carbons (Fsp3) is 0.0909. The highest BCUT2D eigenvalue weighted by Crippen LogP contribution is 2.12. The second-order valence-corrected chi connectivity index (χ2v) is 3.69. The zero-order chi connectivity index (χ0) is 10.7. The molecule has 3 nitrogen and oxygen atoms in total. The summed E-state index contributed by atoms with van der Waals surface area (Å²) in [6.07, 6.45) is 0.741. The van der Waals surface area contributed by atoms with Crippen LogP contribution < -0.4 is 5.73 Å². The van der Waals surface area contributed by atoms with Crippen molar-refractivity contribution in [3.05, 3.63) is 52.7 Å². The molecule has 1 aromatic carbocycles. The van der Waals surface area contributed by atoms with Gasteiger partial charge in [-0.1, -0.05) is 23.7 Å². The zero-order valence-electron chi connectivity index (χ0n) is 8.02. The maximum atomic E-state index is 5.79. The lowest BCUT2D eigenvalue weighted by Crippen LogP contribution is -1.97. The summed E-state index contributed by atoms with van der Waals surface area (Å²) in [7, 11) is 0. The van der Waals surface area contributed by atoms with Gasteiger partial charge in [0.25, 0.3) is 0 Å². The van der Waals surface area contributed by atoms with Crippen LogP contribution in [0.25, 0.3) is 0 Å². The normalized spacial score (nSPS) is 10.2. The van der Waals surface area contributed by atoms with Crippen molar-refractivity contribution in [1.29, 1.82) is 0 Å². The van der Waals surface area contributed by atoms with Crippen LogP contribution in [0.2, 0.25) is 5.02 Å². The van der Waals surface area contributed by atoms with E-state index in [1.807, 2.05) is 30.3 Å². The van der Waals surface area contributed by atoms with E-state index >= 15 is 0 Å². The van der Waals surface area contributed by atoms with Gasteiger partial charge in [-0.15, -0.1) is 5.10 Å². The molecule has 0 aliphatic heterocycles. The number of nitrogens with two attached hydrogens (primary N) is 1. The summed E-state index contributed by atoms with van der Waals surface area (Å²) in [5.41, 5.74) is 7.50. The predicted molar refractivity (Wildman–Crippen MR) is 60.7 cm³/mol. The fourth-order valence-corrected chi connectivity index (χ4v) is 1.40. The summed E-state index contributed by atoms with van der Waals surface area (Å²) in [4.78, 5) is 0. The number of nitrogen functional groups attached to an aromatic ring is 1. The highest BCUT2D eigenvalue weighted by Gasteiger charge is 1.98. The number of halogens is 1. The number of anilines is 1. The number of hydrogen-bond acceptors (Lipinski definition) is 3. The number of benzene rings is 1. The van der Waals surface area contributed by atoms with E-state index in [1.54, 1.807) is 6.07 Å². The molecule has 2 aromatic rings. The monoisotopic (exact) mass is 219 g/mol. The van der Waals surface area contributed by atoms with Gasteiger partial charge in [0.1, 0.15) is 5.82 Å². The van der Waals surface area contributed by atoms with Gasteiger partial charge in [-0.3, -0.25) is 0 Å². The minimum Gasteiger partial charge on any atom is -0.382 e. The van der Waals surface area contributed by atoms with E-state index in [0.29, 0.717) is 5.82 Å². The second kappa shape index (κ2) is 4.28. The van der Waals surface area contributed by atoms with E-state index in [1.165, 1.54) is 0 Å². The van der Waals surface area contributed by atoms with Crippen molar-refractivity contribution in [2.45, 2.75) is 6.42 Å². The molecule has 0 amide bonds. The highest BCUT2D eigenvalue weighted by atomic mass is 35.5. The Morgan fingerprint density at radius 1 is 1.00 bits per heavy atom. The minimum atomic E-state index is 0.440. The standard InChI is InChI=1S/C11H10ClN3/c12-9-3-1-8(2-4-9)7-10-5-6-11(13)15-14-10/h1-6H,7H2,(H2,13,15). The molecule has 2 N–H and O–H groups in total. The SMILES string of the molecule is Nc1ccc(Cc2ccc(Cl)cc2)nn1. The third kappa shape index (κ3) is 2.67. The lowest BCUT2D eigenvalue weighted by Gasteiger charge is -2.00. The summed E-state index contributed by atoms with van der Waals surface area (Å²) < 4.78 is 0. The Morgan fingerprint density at radius 3 is 2.33 bits per heavy atom. The summed E-state index contributed by atoms with van der Waals surface area (Å²) in [5.74, 6) is 0.440. The van der Waals surface area contributed by atoms with Crippen LogP contribution in [-0.4, -0.2) is 10.2 Å².